The fourth-order valence-corrected chi connectivity index (χ4v) is 2.09. The Labute approximate surface area is 153 Å². The van der Waals surface area contributed by atoms with E-state index in [-0.39, 0.29) is 5.91 Å². The topological polar surface area (TPSA) is 73.6 Å². The van der Waals surface area contributed by atoms with Crippen LogP contribution in [0.2, 0.25) is 5.02 Å². The number of benzene rings is 2. The van der Waals surface area contributed by atoms with E-state index in [1.54, 1.807) is 26.0 Å². The van der Waals surface area contributed by atoms with Gasteiger partial charge in [-0.2, -0.15) is 0 Å². The Morgan fingerprint density at radius 2 is 1.48 bits per heavy atom. The molecule has 0 bridgehead atoms. The molecule has 0 aliphatic rings. The van der Waals surface area contributed by atoms with E-state index in [1.807, 2.05) is 36.4 Å². The maximum Gasteiger partial charge on any atom is 0.239 e. The van der Waals surface area contributed by atoms with E-state index >= 15 is 0 Å². The second kappa shape index (κ2) is 8.74. The third-order valence-electron chi connectivity index (χ3n) is 3.40. The normalized spacial score (nSPS) is 11.0. The van der Waals surface area contributed by atoms with Crippen LogP contribution in [-0.4, -0.2) is 24.7 Å². The minimum atomic E-state index is -0.882. The fraction of sp³-hybridized carbons (Fsp3) is 0.316. The third-order valence-corrected chi connectivity index (χ3v) is 3.65. The van der Waals surface area contributed by atoms with Gasteiger partial charge in [-0.1, -0.05) is 23.7 Å². The quantitative estimate of drug-likeness (QED) is 0.707. The number of amides is 1. The van der Waals surface area contributed by atoms with Gasteiger partial charge in [-0.3, -0.25) is 4.79 Å². The first-order valence-corrected chi connectivity index (χ1v) is 8.40. The van der Waals surface area contributed by atoms with Crippen LogP contribution in [0.4, 0.5) is 0 Å². The van der Waals surface area contributed by atoms with E-state index in [1.165, 1.54) is 0 Å². The van der Waals surface area contributed by atoms with Crippen molar-refractivity contribution in [2.45, 2.75) is 25.9 Å². The maximum absolute atomic E-state index is 11.7. The molecule has 0 radical (unpaired) electrons. The van der Waals surface area contributed by atoms with Crippen molar-refractivity contribution < 1.29 is 14.3 Å². The lowest BCUT2D eigenvalue weighted by Crippen LogP contribution is -2.48. The molecule has 2 aromatic carbocycles. The maximum atomic E-state index is 11.7. The second-order valence-electron chi connectivity index (χ2n) is 6.20. The van der Waals surface area contributed by atoms with Gasteiger partial charge in [0.15, 0.2) is 0 Å². The highest BCUT2D eigenvalue weighted by molar-refractivity contribution is 6.30. The van der Waals surface area contributed by atoms with E-state index < -0.39 is 5.54 Å². The number of hydrogen-bond donors (Lipinski definition) is 2. The van der Waals surface area contributed by atoms with E-state index in [4.69, 9.17) is 26.8 Å². The lowest BCUT2D eigenvalue weighted by atomic mass is 10.1. The van der Waals surface area contributed by atoms with Crippen molar-refractivity contribution in [3.8, 4) is 11.5 Å². The summed E-state index contributed by atoms with van der Waals surface area (Å²) in [7, 11) is 0. The molecule has 0 aromatic heterocycles. The molecule has 0 saturated heterocycles. The van der Waals surface area contributed by atoms with Crippen LogP contribution in [0.3, 0.4) is 0 Å². The van der Waals surface area contributed by atoms with Gasteiger partial charge >= 0.3 is 0 Å². The largest absolute Gasteiger partial charge is 0.490 e. The Bertz CT molecular complexity index is 679. The Balaban J connectivity index is 1.71. The number of rotatable bonds is 8. The molecular formula is C19H23ClN2O3. The Hall–Kier alpha value is -2.24. The molecular weight excluding hydrogens is 340 g/mol. The molecule has 0 unspecified atom stereocenters. The number of carbonyl (C=O) groups excluding carboxylic acids is 1. The third kappa shape index (κ3) is 6.64. The van der Waals surface area contributed by atoms with Gasteiger partial charge in [0.2, 0.25) is 5.91 Å². The first-order valence-electron chi connectivity index (χ1n) is 8.02. The number of nitrogens with one attached hydrogen (secondary N) is 1. The molecule has 25 heavy (non-hydrogen) atoms. The van der Waals surface area contributed by atoms with Gasteiger partial charge in [-0.15, -0.1) is 0 Å². The molecule has 0 spiro atoms. The molecule has 134 valence electrons. The van der Waals surface area contributed by atoms with Crippen molar-refractivity contribution in [1.82, 2.24) is 5.32 Å². The Morgan fingerprint density at radius 1 is 1.00 bits per heavy atom. The minimum Gasteiger partial charge on any atom is -0.490 e. The van der Waals surface area contributed by atoms with Gasteiger partial charge in [0.1, 0.15) is 24.7 Å². The van der Waals surface area contributed by atoms with Crippen LogP contribution in [-0.2, 0) is 11.3 Å². The molecule has 2 rings (SSSR count). The zero-order valence-electron chi connectivity index (χ0n) is 14.4. The van der Waals surface area contributed by atoms with Crippen LogP contribution in [0, 0.1) is 0 Å². The van der Waals surface area contributed by atoms with E-state index in [0.717, 1.165) is 17.1 Å². The molecule has 0 fully saturated rings. The van der Waals surface area contributed by atoms with Crippen LogP contribution in [0.25, 0.3) is 0 Å². The number of ether oxygens (including phenoxy) is 2. The molecule has 0 atom stereocenters. The van der Waals surface area contributed by atoms with Crippen LogP contribution in [0.5, 0.6) is 11.5 Å². The average molecular weight is 363 g/mol. The summed E-state index contributed by atoms with van der Waals surface area (Å²) < 4.78 is 11.2. The van der Waals surface area contributed by atoms with E-state index in [0.29, 0.717) is 24.8 Å². The van der Waals surface area contributed by atoms with Crippen LogP contribution < -0.4 is 20.5 Å². The van der Waals surface area contributed by atoms with Crippen LogP contribution >= 0.6 is 11.6 Å². The summed E-state index contributed by atoms with van der Waals surface area (Å²) in [4.78, 5) is 11.7. The average Bonchev–Trinajstić information content (AvgIpc) is 2.58. The predicted molar refractivity (Wildman–Crippen MR) is 99.0 cm³/mol. The van der Waals surface area contributed by atoms with Crippen molar-refractivity contribution in [2.75, 3.05) is 13.2 Å². The van der Waals surface area contributed by atoms with Crippen molar-refractivity contribution in [3.05, 3.63) is 59.1 Å². The van der Waals surface area contributed by atoms with Crippen molar-refractivity contribution in [1.29, 1.82) is 0 Å². The van der Waals surface area contributed by atoms with Gasteiger partial charge in [-0.25, -0.2) is 0 Å². The molecule has 6 heteroatoms. The standard InChI is InChI=1S/C19H23ClN2O3/c1-19(2,21)18(23)22-13-14-3-7-16(8-4-14)24-11-12-25-17-9-5-15(20)6-10-17/h3-10H,11-13,21H2,1-2H3,(H,22,23). The van der Waals surface area contributed by atoms with Gasteiger partial charge < -0.3 is 20.5 Å². The van der Waals surface area contributed by atoms with Gasteiger partial charge in [0, 0.05) is 11.6 Å². The summed E-state index contributed by atoms with van der Waals surface area (Å²) in [6.07, 6.45) is 0. The van der Waals surface area contributed by atoms with Crippen LogP contribution in [0.1, 0.15) is 19.4 Å². The van der Waals surface area contributed by atoms with Gasteiger partial charge in [0.05, 0.1) is 5.54 Å². The van der Waals surface area contributed by atoms with Gasteiger partial charge in [-0.05, 0) is 55.8 Å². The zero-order chi connectivity index (χ0) is 18.3. The molecule has 5 nitrogen and oxygen atoms in total. The summed E-state index contributed by atoms with van der Waals surface area (Å²) in [6.45, 7) is 4.64. The highest BCUT2D eigenvalue weighted by Crippen LogP contribution is 2.16. The van der Waals surface area contributed by atoms with Crippen molar-refractivity contribution in [3.63, 3.8) is 0 Å². The Morgan fingerprint density at radius 3 is 1.96 bits per heavy atom. The first kappa shape index (κ1) is 19.1. The molecule has 0 saturated carbocycles. The first-order chi connectivity index (χ1) is 11.8. The number of hydrogen-bond acceptors (Lipinski definition) is 4. The van der Waals surface area contributed by atoms with E-state index in [2.05, 4.69) is 5.32 Å². The number of carbonyl (C=O) groups is 1. The summed E-state index contributed by atoms with van der Waals surface area (Å²) in [5.41, 5.74) is 5.83. The molecule has 0 aliphatic heterocycles. The van der Waals surface area contributed by atoms with Gasteiger partial charge in [0.25, 0.3) is 0 Å². The summed E-state index contributed by atoms with van der Waals surface area (Å²) in [5, 5.41) is 3.47. The molecule has 2 aromatic rings. The SMILES string of the molecule is CC(C)(N)C(=O)NCc1ccc(OCCOc2ccc(Cl)cc2)cc1. The molecule has 3 N–H and O–H groups in total. The minimum absolute atomic E-state index is 0.188. The highest BCUT2D eigenvalue weighted by Gasteiger charge is 2.20. The monoisotopic (exact) mass is 362 g/mol. The molecule has 1 amide bonds. The van der Waals surface area contributed by atoms with Crippen LogP contribution in [0.15, 0.2) is 48.5 Å². The van der Waals surface area contributed by atoms with Crippen molar-refractivity contribution in [2.24, 2.45) is 5.73 Å². The van der Waals surface area contributed by atoms with Crippen molar-refractivity contribution >= 4 is 17.5 Å². The summed E-state index contributed by atoms with van der Waals surface area (Å²) in [6, 6.07) is 14.7. The second-order valence-corrected chi connectivity index (χ2v) is 6.64. The molecule has 0 aliphatic carbocycles. The highest BCUT2D eigenvalue weighted by atomic mass is 35.5. The summed E-state index contributed by atoms with van der Waals surface area (Å²) in [5.74, 6) is 1.31. The lowest BCUT2D eigenvalue weighted by Gasteiger charge is -2.17. The lowest BCUT2D eigenvalue weighted by molar-refractivity contribution is -0.125. The smallest absolute Gasteiger partial charge is 0.239 e. The number of nitrogens with two attached hydrogens (primary N) is 1. The summed E-state index contributed by atoms with van der Waals surface area (Å²) >= 11 is 5.82. The zero-order valence-corrected chi connectivity index (χ0v) is 15.2. The molecule has 0 heterocycles. The van der Waals surface area contributed by atoms with E-state index in [9.17, 15) is 4.79 Å². The predicted octanol–water partition coefficient (Wildman–Crippen LogP) is 3.15. The Kier molecular flexibility index (Phi) is 6.67. The number of halogens is 1. The fourth-order valence-electron chi connectivity index (χ4n) is 1.96.